The molecule has 122 valence electrons. The van der Waals surface area contributed by atoms with Crippen LogP contribution in [0.4, 0.5) is 22.4 Å². The van der Waals surface area contributed by atoms with Crippen molar-refractivity contribution < 1.29 is 27.5 Å². The average Bonchev–Trinajstić information content (AvgIpc) is 2.85. The van der Waals surface area contributed by atoms with E-state index in [0.29, 0.717) is 0 Å². The first-order valence-electron chi connectivity index (χ1n) is 6.62. The summed E-state index contributed by atoms with van der Waals surface area (Å²) in [7, 11) is 0. The summed E-state index contributed by atoms with van der Waals surface area (Å²) in [5.41, 5.74) is -1.06. The van der Waals surface area contributed by atoms with E-state index in [2.05, 4.69) is 10.3 Å². The lowest BCUT2D eigenvalue weighted by Crippen LogP contribution is -2.44. The molecule has 2 unspecified atom stereocenters. The number of urea groups is 1. The summed E-state index contributed by atoms with van der Waals surface area (Å²) in [5, 5.41) is 11.4. The Morgan fingerprint density at radius 1 is 1.50 bits per heavy atom. The topological polar surface area (TPSA) is 65.5 Å². The van der Waals surface area contributed by atoms with Crippen molar-refractivity contribution in [3.05, 3.63) is 29.6 Å². The number of aliphatic hydroxyl groups excluding tert-OH is 1. The van der Waals surface area contributed by atoms with Crippen LogP contribution in [0.5, 0.6) is 0 Å². The zero-order valence-corrected chi connectivity index (χ0v) is 11.5. The predicted octanol–water partition coefficient (Wildman–Crippen LogP) is 1.71. The molecule has 1 saturated heterocycles. The second-order valence-corrected chi connectivity index (χ2v) is 5.01. The smallest absolute Gasteiger partial charge is 0.394 e. The summed E-state index contributed by atoms with van der Waals surface area (Å²) in [6, 6.07) is -0.548. The SMILES string of the molecule is O=C(NCc1cnccc1C(F)(F)F)N1CC(F)CC1CO. The van der Waals surface area contributed by atoms with E-state index in [1.807, 2.05) is 0 Å². The van der Waals surface area contributed by atoms with Crippen LogP contribution >= 0.6 is 0 Å². The summed E-state index contributed by atoms with van der Waals surface area (Å²) < 4.78 is 51.7. The average molecular weight is 321 g/mol. The third-order valence-electron chi connectivity index (χ3n) is 3.47. The molecular formula is C13H15F4N3O2. The summed E-state index contributed by atoms with van der Waals surface area (Å²) in [5.74, 6) is 0. The third-order valence-corrected chi connectivity index (χ3v) is 3.47. The number of pyridine rings is 1. The number of hydrogen-bond acceptors (Lipinski definition) is 3. The standard InChI is InChI=1S/C13H15F4N3O2/c14-9-3-10(7-21)20(6-9)12(22)19-5-8-4-18-2-1-11(8)13(15,16)17/h1-2,4,9-10,21H,3,5-7H2,(H,19,22). The first kappa shape index (κ1) is 16.5. The number of carbonyl (C=O) groups is 1. The fourth-order valence-electron chi connectivity index (χ4n) is 2.40. The number of rotatable bonds is 3. The molecule has 1 fully saturated rings. The molecular weight excluding hydrogens is 306 g/mol. The van der Waals surface area contributed by atoms with Crippen LogP contribution in [0.3, 0.4) is 0 Å². The molecule has 0 saturated carbocycles. The fourth-order valence-corrected chi connectivity index (χ4v) is 2.40. The van der Waals surface area contributed by atoms with Gasteiger partial charge in [-0.2, -0.15) is 13.2 Å². The van der Waals surface area contributed by atoms with Crippen LogP contribution in [0, 0.1) is 0 Å². The number of carbonyl (C=O) groups excluding carboxylic acids is 1. The van der Waals surface area contributed by atoms with Crippen molar-refractivity contribution >= 4 is 6.03 Å². The number of nitrogens with one attached hydrogen (secondary N) is 1. The van der Waals surface area contributed by atoms with Gasteiger partial charge in [-0.25, -0.2) is 9.18 Å². The summed E-state index contributed by atoms with van der Waals surface area (Å²) in [6.45, 7) is -0.960. The summed E-state index contributed by atoms with van der Waals surface area (Å²) >= 11 is 0. The van der Waals surface area contributed by atoms with Gasteiger partial charge >= 0.3 is 12.2 Å². The Kier molecular flexibility index (Phi) is 4.84. The largest absolute Gasteiger partial charge is 0.416 e. The first-order valence-corrected chi connectivity index (χ1v) is 6.62. The van der Waals surface area contributed by atoms with Crippen molar-refractivity contribution in [3.63, 3.8) is 0 Å². The van der Waals surface area contributed by atoms with Gasteiger partial charge in [-0.1, -0.05) is 0 Å². The van der Waals surface area contributed by atoms with Gasteiger partial charge in [0.25, 0.3) is 0 Å². The molecule has 2 N–H and O–H groups in total. The number of likely N-dealkylation sites (tertiary alicyclic amines) is 1. The Labute approximate surface area is 123 Å². The van der Waals surface area contributed by atoms with Crippen LogP contribution in [-0.4, -0.2) is 46.4 Å². The van der Waals surface area contributed by atoms with Crippen molar-refractivity contribution in [2.75, 3.05) is 13.2 Å². The highest BCUT2D eigenvalue weighted by Crippen LogP contribution is 2.31. The van der Waals surface area contributed by atoms with E-state index in [1.54, 1.807) is 0 Å². The Morgan fingerprint density at radius 3 is 2.86 bits per heavy atom. The molecule has 9 heteroatoms. The lowest BCUT2D eigenvalue weighted by atomic mass is 10.1. The monoisotopic (exact) mass is 321 g/mol. The molecule has 0 radical (unpaired) electrons. The van der Waals surface area contributed by atoms with Crippen LogP contribution in [-0.2, 0) is 12.7 Å². The van der Waals surface area contributed by atoms with Gasteiger partial charge in [0, 0.05) is 30.9 Å². The van der Waals surface area contributed by atoms with Crippen molar-refractivity contribution in [2.24, 2.45) is 0 Å². The minimum atomic E-state index is -4.55. The van der Waals surface area contributed by atoms with Crippen LogP contribution in [0.25, 0.3) is 0 Å². The maximum absolute atomic E-state index is 13.3. The molecule has 0 aromatic carbocycles. The number of alkyl halides is 4. The maximum Gasteiger partial charge on any atom is 0.416 e. The summed E-state index contributed by atoms with van der Waals surface area (Å²) in [6.07, 6.45) is -3.73. The highest BCUT2D eigenvalue weighted by Gasteiger charge is 2.36. The van der Waals surface area contributed by atoms with Gasteiger partial charge < -0.3 is 15.3 Å². The molecule has 22 heavy (non-hydrogen) atoms. The zero-order valence-electron chi connectivity index (χ0n) is 11.5. The van der Waals surface area contributed by atoms with Crippen molar-refractivity contribution in [1.29, 1.82) is 0 Å². The predicted molar refractivity (Wildman–Crippen MR) is 68.6 cm³/mol. The molecule has 1 aliphatic rings. The minimum Gasteiger partial charge on any atom is -0.394 e. The van der Waals surface area contributed by atoms with Crippen LogP contribution in [0.1, 0.15) is 17.5 Å². The van der Waals surface area contributed by atoms with Crippen molar-refractivity contribution in [2.45, 2.75) is 31.4 Å². The molecule has 0 bridgehead atoms. The number of amides is 2. The van der Waals surface area contributed by atoms with Crippen LogP contribution < -0.4 is 5.32 Å². The third kappa shape index (κ3) is 3.65. The van der Waals surface area contributed by atoms with Crippen molar-refractivity contribution in [1.82, 2.24) is 15.2 Å². The van der Waals surface area contributed by atoms with E-state index in [1.165, 1.54) is 0 Å². The van der Waals surface area contributed by atoms with E-state index in [-0.39, 0.29) is 25.1 Å². The van der Waals surface area contributed by atoms with Gasteiger partial charge in [0.1, 0.15) is 6.17 Å². The Hall–Kier alpha value is -1.90. The highest BCUT2D eigenvalue weighted by atomic mass is 19.4. The molecule has 1 aliphatic heterocycles. The normalized spacial score (nSPS) is 22.0. The van der Waals surface area contributed by atoms with Crippen LogP contribution in [0.2, 0.25) is 0 Å². The van der Waals surface area contributed by atoms with E-state index >= 15 is 0 Å². The van der Waals surface area contributed by atoms with Gasteiger partial charge in [0.15, 0.2) is 0 Å². The molecule has 2 rings (SSSR count). The van der Waals surface area contributed by atoms with Gasteiger partial charge in [-0.3, -0.25) is 4.98 Å². The fraction of sp³-hybridized carbons (Fsp3) is 0.538. The highest BCUT2D eigenvalue weighted by molar-refractivity contribution is 5.75. The number of nitrogens with zero attached hydrogens (tertiary/aromatic N) is 2. The van der Waals surface area contributed by atoms with E-state index in [4.69, 9.17) is 5.11 Å². The lowest BCUT2D eigenvalue weighted by Gasteiger charge is -2.23. The van der Waals surface area contributed by atoms with E-state index in [9.17, 15) is 22.4 Å². The second-order valence-electron chi connectivity index (χ2n) is 5.01. The Balaban J connectivity index is 2.03. The van der Waals surface area contributed by atoms with Gasteiger partial charge in [-0.15, -0.1) is 0 Å². The number of aliphatic hydroxyl groups is 1. The Morgan fingerprint density at radius 2 is 2.23 bits per heavy atom. The molecule has 0 aliphatic carbocycles. The molecule has 5 nitrogen and oxygen atoms in total. The second kappa shape index (κ2) is 6.47. The maximum atomic E-state index is 13.3. The molecule has 2 heterocycles. The Bertz CT molecular complexity index is 538. The van der Waals surface area contributed by atoms with E-state index in [0.717, 1.165) is 23.4 Å². The van der Waals surface area contributed by atoms with E-state index < -0.39 is 36.6 Å². The van der Waals surface area contributed by atoms with Crippen molar-refractivity contribution in [3.8, 4) is 0 Å². The number of hydrogen-bond donors (Lipinski definition) is 2. The molecule has 1 aromatic rings. The molecule has 2 atom stereocenters. The quantitative estimate of drug-likeness (QED) is 0.833. The minimum absolute atomic E-state index is 0.0185. The lowest BCUT2D eigenvalue weighted by molar-refractivity contribution is -0.138. The number of aromatic nitrogens is 1. The molecule has 2 amide bonds. The van der Waals surface area contributed by atoms with Gasteiger partial charge in [-0.05, 0) is 6.07 Å². The van der Waals surface area contributed by atoms with Gasteiger partial charge in [0.05, 0.1) is 24.8 Å². The van der Waals surface area contributed by atoms with Crippen LogP contribution in [0.15, 0.2) is 18.5 Å². The van der Waals surface area contributed by atoms with Gasteiger partial charge in [0.2, 0.25) is 0 Å². The zero-order chi connectivity index (χ0) is 16.3. The number of halogens is 4. The molecule has 0 spiro atoms. The summed E-state index contributed by atoms with van der Waals surface area (Å²) in [4.78, 5) is 16.6. The first-order chi connectivity index (χ1) is 10.3. The molecule has 1 aromatic heterocycles.